The zero-order chi connectivity index (χ0) is 18.3. The largest absolute Gasteiger partial charge is 0.338 e. The van der Waals surface area contributed by atoms with Gasteiger partial charge < -0.3 is 9.80 Å². The van der Waals surface area contributed by atoms with Crippen LogP contribution >= 0.6 is 11.6 Å². The topological polar surface area (TPSA) is 49.3 Å². The summed E-state index contributed by atoms with van der Waals surface area (Å²) in [6, 6.07) is 7.80. The second-order valence-electron chi connectivity index (χ2n) is 7.30. The van der Waals surface area contributed by atoms with E-state index in [1.165, 1.54) is 0 Å². The molecule has 2 heterocycles. The average Bonchev–Trinajstić information content (AvgIpc) is 2.62. The summed E-state index contributed by atoms with van der Waals surface area (Å²) in [5.41, 5.74) is 3.57. The third-order valence-electron chi connectivity index (χ3n) is 5.43. The number of fused-ring (bicyclic) bond motifs is 1. The van der Waals surface area contributed by atoms with E-state index < -0.39 is 0 Å². The molecule has 5 nitrogen and oxygen atoms in total. The van der Waals surface area contributed by atoms with E-state index in [0.717, 1.165) is 61.1 Å². The number of carbonyl (C=O) groups excluding carboxylic acids is 1. The highest BCUT2D eigenvalue weighted by atomic mass is 35.5. The predicted molar refractivity (Wildman–Crippen MR) is 103 cm³/mol. The first-order valence-corrected chi connectivity index (χ1v) is 9.48. The Balaban J connectivity index is 1.65. The van der Waals surface area contributed by atoms with Crippen LogP contribution in [0.1, 0.15) is 39.6 Å². The van der Waals surface area contributed by atoms with E-state index in [0.29, 0.717) is 11.4 Å². The molecule has 0 spiro atoms. The molecule has 4 rings (SSSR count). The molecule has 26 heavy (non-hydrogen) atoms. The number of hydrogen-bond donors (Lipinski definition) is 0. The molecule has 0 amide bonds. The van der Waals surface area contributed by atoms with Gasteiger partial charge in [-0.1, -0.05) is 23.7 Å². The zero-order valence-corrected chi connectivity index (χ0v) is 16.0. The molecule has 0 N–H and O–H groups in total. The standard InChI is InChI=1S/C20H23ClN4O/c1-13-19-17(23-20(22-13)25-9-7-24(2)8-10-25)11-15(12-18(19)26)14-3-5-16(21)6-4-14/h3-6,15H,7-12H2,1-2H3. The van der Waals surface area contributed by atoms with Crippen molar-refractivity contribution >= 4 is 23.3 Å². The number of benzene rings is 1. The fourth-order valence-electron chi connectivity index (χ4n) is 3.88. The molecule has 1 fully saturated rings. The SMILES string of the molecule is Cc1nc(N2CCN(C)CC2)nc2c1C(=O)CC(c1ccc(Cl)cc1)C2. The van der Waals surface area contributed by atoms with Gasteiger partial charge in [0.25, 0.3) is 0 Å². The summed E-state index contributed by atoms with van der Waals surface area (Å²) in [5.74, 6) is 1.06. The number of hydrogen-bond acceptors (Lipinski definition) is 5. The molecule has 1 aliphatic heterocycles. The van der Waals surface area contributed by atoms with Crippen LogP contribution in [0.4, 0.5) is 5.95 Å². The molecule has 0 bridgehead atoms. The van der Waals surface area contributed by atoms with Gasteiger partial charge >= 0.3 is 0 Å². The molecule has 1 atom stereocenters. The Labute approximate surface area is 159 Å². The number of carbonyl (C=O) groups is 1. The molecule has 1 aromatic heterocycles. The molecular formula is C20H23ClN4O. The lowest BCUT2D eigenvalue weighted by Crippen LogP contribution is -2.45. The van der Waals surface area contributed by atoms with Crippen molar-refractivity contribution in [2.45, 2.75) is 25.7 Å². The van der Waals surface area contributed by atoms with Gasteiger partial charge in [-0.15, -0.1) is 0 Å². The summed E-state index contributed by atoms with van der Waals surface area (Å²) in [6.07, 6.45) is 1.28. The van der Waals surface area contributed by atoms with Gasteiger partial charge in [0.1, 0.15) is 0 Å². The maximum absolute atomic E-state index is 12.8. The summed E-state index contributed by atoms with van der Waals surface area (Å²) in [6.45, 7) is 5.78. The van der Waals surface area contributed by atoms with E-state index >= 15 is 0 Å². The molecule has 2 aliphatic rings. The molecule has 1 aromatic carbocycles. The van der Waals surface area contributed by atoms with E-state index in [-0.39, 0.29) is 11.7 Å². The Hall–Kier alpha value is -1.98. The Morgan fingerprint density at radius 2 is 1.73 bits per heavy atom. The minimum absolute atomic E-state index is 0.147. The highest BCUT2D eigenvalue weighted by Crippen LogP contribution is 2.34. The Kier molecular flexibility index (Phi) is 4.67. The summed E-state index contributed by atoms with van der Waals surface area (Å²) < 4.78 is 0. The van der Waals surface area contributed by atoms with Crippen molar-refractivity contribution in [1.29, 1.82) is 0 Å². The molecule has 6 heteroatoms. The first-order valence-electron chi connectivity index (χ1n) is 9.11. The summed E-state index contributed by atoms with van der Waals surface area (Å²) in [7, 11) is 2.13. The molecule has 1 saturated heterocycles. The molecular weight excluding hydrogens is 348 g/mol. The first-order chi connectivity index (χ1) is 12.5. The number of piperazine rings is 1. The third-order valence-corrected chi connectivity index (χ3v) is 5.68. The minimum Gasteiger partial charge on any atom is -0.338 e. The van der Waals surface area contributed by atoms with Gasteiger partial charge in [-0.3, -0.25) is 4.79 Å². The van der Waals surface area contributed by atoms with Crippen molar-refractivity contribution in [2.24, 2.45) is 0 Å². The monoisotopic (exact) mass is 370 g/mol. The van der Waals surface area contributed by atoms with Crippen molar-refractivity contribution in [2.75, 3.05) is 38.1 Å². The van der Waals surface area contributed by atoms with Crippen molar-refractivity contribution < 1.29 is 4.79 Å². The van der Waals surface area contributed by atoms with Crippen molar-refractivity contribution in [3.8, 4) is 0 Å². The number of anilines is 1. The number of ketones is 1. The molecule has 0 saturated carbocycles. The summed E-state index contributed by atoms with van der Waals surface area (Å²) >= 11 is 6.00. The lowest BCUT2D eigenvalue weighted by molar-refractivity contribution is 0.0962. The van der Waals surface area contributed by atoms with Crippen molar-refractivity contribution in [3.63, 3.8) is 0 Å². The quantitative estimate of drug-likeness (QED) is 0.813. The van der Waals surface area contributed by atoms with E-state index in [1.54, 1.807) is 0 Å². The van der Waals surface area contributed by atoms with Crippen LogP contribution < -0.4 is 4.90 Å². The lowest BCUT2D eigenvalue weighted by atomic mass is 9.81. The number of likely N-dealkylation sites (N-methyl/N-ethyl adjacent to an activating group) is 1. The molecule has 2 aromatic rings. The van der Waals surface area contributed by atoms with Gasteiger partial charge in [0.05, 0.1) is 17.0 Å². The maximum Gasteiger partial charge on any atom is 0.225 e. The summed E-state index contributed by atoms with van der Waals surface area (Å²) in [4.78, 5) is 26.8. The van der Waals surface area contributed by atoms with Gasteiger partial charge in [-0.2, -0.15) is 0 Å². The number of aromatic nitrogens is 2. The van der Waals surface area contributed by atoms with Crippen LogP contribution in [-0.4, -0.2) is 53.9 Å². The van der Waals surface area contributed by atoms with Crippen molar-refractivity contribution in [3.05, 3.63) is 51.8 Å². The second kappa shape index (κ2) is 6.97. The lowest BCUT2D eigenvalue weighted by Gasteiger charge is -2.33. The average molecular weight is 371 g/mol. The van der Waals surface area contributed by atoms with Crippen molar-refractivity contribution in [1.82, 2.24) is 14.9 Å². The number of nitrogens with zero attached hydrogens (tertiary/aromatic N) is 4. The Morgan fingerprint density at radius 1 is 1.04 bits per heavy atom. The molecule has 136 valence electrons. The number of rotatable bonds is 2. The minimum atomic E-state index is 0.147. The second-order valence-corrected chi connectivity index (χ2v) is 7.74. The normalized spacial score (nSPS) is 21.0. The summed E-state index contributed by atoms with van der Waals surface area (Å²) in [5, 5.41) is 0.715. The fraction of sp³-hybridized carbons (Fsp3) is 0.450. The van der Waals surface area contributed by atoms with Crippen LogP contribution in [-0.2, 0) is 6.42 Å². The van der Waals surface area contributed by atoms with E-state index in [1.807, 2.05) is 31.2 Å². The van der Waals surface area contributed by atoms with E-state index in [9.17, 15) is 4.79 Å². The van der Waals surface area contributed by atoms with Gasteiger partial charge in [0.2, 0.25) is 5.95 Å². The maximum atomic E-state index is 12.8. The van der Waals surface area contributed by atoms with Crippen LogP contribution in [0.15, 0.2) is 24.3 Å². The molecule has 0 radical (unpaired) electrons. The van der Waals surface area contributed by atoms with Crippen LogP contribution in [0.2, 0.25) is 5.02 Å². The molecule has 1 aliphatic carbocycles. The Bertz CT molecular complexity index is 828. The van der Waals surface area contributed by atoms with Gasteiger partial charge in [0.15, 0.2) is 5.78 Å². The van der Waals surface area contributed by atoms with Crippen LogP contribution in [0, 0.1) is 6.92 Å². The number of aryl methyl sites for hydroxylation is 1. The predicted octanol–water partition coefficient (Wildman–Crippen LogP) is 3.10. The smallest absolute Gasteiger partial charge is 0.225 e. The Morgan fingerprint density at radius 3 is 2.42 bits per heavy atom. The van der Waals surface area contributed by atoms with Gasteiger partial charge in [0, 0.05) is 37.6 Å². The fourth-order valence-corrected chi connectivity index (χ4v) is 4.00. The van der Waals surface area contributed by atoms with E-state index in [2.05, 4.69) is 21.8 Å². The first kappa shape index (κ1) is 17.4. The highest BCUT2D eigenvalue weighted by Gasteiger charge is 2.30. The van der Waals surface area contributed by atoms with Crippen LogP contribution in [0.3, 0.4) is 0 Å². The van der Waals surface area contributed by atoms with Crippen LogP contribution in [0.5, 0.6) is 0 Å². The zero-order valence-electron chi connectivity index (χ0n) is 15.2. The highest BCUT2D eigenvalue weighted by molar-refractivity contribution is 6.30. The van der Waals surface area contributed by atoms with Gasteiger partial charge in [-0.25, -0.2) is 9.97 Å². The van der Waals surface area contributed by atoms with Crippen LogP contribution in [0.25, 0.3) is 0 Å². The van der Waals surface area contributed by atoms with E-state index in [4.69, 9.17) is 16.6 Å². The number of halogens is 1. The third kappa shape index (κ3) is 3.33. The number of Topliss-reactive ketones (excluding diaryl/α,β-unsaturated/α-hetero) is 1. The van der Waals surface area contributed by atoms with Gasteiger partial charge in [-0.05, 0) is 44.0 Å². The molecule has 1 unspecified atom stereocenters.